The van der Waals surface area contributed by atoms with Gasteiger partial charge in [-0.3, -0.25) is 19.2 Å². The molecule has 1 aliphatic carbocycles. The van der Waals surface area contributed by atoms with E-state index in [9.17, 15) is 19.2 Å². The summed E-state index contributed by atoms with van der Waals surface area (Å²) in [5.74, 6) is -3.78. The van der Waals surface area contributed by atoms with Gasteiger partial charge in [0, 0.05) is 20.1 Å². The van der Waals surface area contributed by atoms with Gasteiger partial charge in [0.05, 0.1) is 0 Å². The third kappa shape index (κ3) is 2.64. The summed E-state index contributed by atoms with van der Waals surface area (Å²) in [6.07, 6.45) is 4.57. The van der Waals surface area contributed by atoms with Gasteiger partial charge in [-0.15, -0.1) is 0 Å². The van der Waals surface area contributed by atoms with Gasteiger partial charge in [-0.1, -0.05) is 19.3 Å². The Morgan fingerprint density at radius 3 is 2.10 bits per heavy atom. The number of Topliss-reactive ketones (excluding diaryl/α,β-unsaturated/α-hetero) is 1. The van der Waals surface area contributed by atoms with E-state index in [0.717, 1.165) is 32.1 Å². The molecule has 2 N–H and O–H groups in total. The lowest BCUT2D eigenvalue weighted by atomic mass is 9.92. The molecule has 7 nitrogen and oxygen atoms in total. The Kier molecular flexibility index (Phi) is 4.59. The minimum absolute atomic E-state index is 0.132. The highest BCUT2D eigenvalue weighted by Crippen LogP contribution is 2.32. The number of nitrogens with zero attached hydrogens (tertiary/aromatic N) is 1. The average molecular weight is 295 g/mol. The number of carbonyl (C=O) groups excluding carboxylic acids is 4. The van der Waals surface area contributed by atoms with Gasteiger partial charge in [-0.05, 0) is 12.8 Å². The second kappa shape index (κ2) is 6.24. The molecule has 0 spiro atoms. The Morgan fingerprint density at radius 1 is 1.00 bits per heavy atom. The summed E-state index contributed by atoms with van der Waals surface area (Å²) < 4.78 is 0. The highest BCUT2D eigenvalue weighted by Gasteiger charge is 2.55. The Bertz CT molecular complexity index is 471. The summed E-state index contributed by atoms with van der Waals surface area (Å²) in [4.78, 5) is 49.9. The molecular formula is C14H21N3O4. The summed E-state index contributed by atoms with van der Waals surface area (Å²) in [7, 11) is 2.83. The van der Waals surface area contributed by atoms with Crippen LogP contribution in [0.4, 0.5) is 0 Å². The van der Waals surface area contributed by atoms with Gasteiger partial charge in [-0.25, -0.2) is 0 Å². The van der Waals surface area contributed by atoms with Gasteiger partial charge in [-0.2, -0.15) is 0 Å². The van der Waals surface area contributed by atoms with Crippen molar-refractivity contribution in [1.82, 2.24) is 15.5 Å². The zero-order chi connectivity index (χ0) is 15.6. The molecule has 0 aromatic carbocycles. The molecule has 1 saturated carbocycles. The highest BCUT2D eigenvalue weighted by atomic mass is 16.2. The first kappa shape index (κ1) is 15.5. The van der Waals surface area contributed by atoms with E-state index >= 15 is 0 Å². The van der Waals surface area contributed by atoms with E-state index in [1.165, 1.54) is 19.0 Å². The molecule has 116 valence electrons. The number of likely N-dealkylation sites (tertiary alicyclic amines) is 1. The number of nitrogens with one attached hydrogen (secondary N) is 2. The largest absolute Gasteiger partial charge is 0.358 e. The first-order chi connectivity index (χ1) is 10.0. The second-order valence-corrected chi connectivity index (χ2v) is 5.52. The lowest BCUT2D eigenvalue weighted by Gasteiger charge is -2.35. The second-order valence-electron chi connectivity index (χ2n) is 5.52. The third-order valence-electron chi connectivity index (χ3n) is 4.36. The van der Waals surface area contributed by atoms with Crippen LogP contribution in [0.25, 0.3) is 0 Å². The van der Waals surface area contributed by atoms with Gasteiger partial charge in [0.2, 0.25) is 17.6 Å². The average Bonchev–Trinajstić information content (AvgIpc) is 2.78. The van der Waals surface area contributed by atoms with Crippen molar-refractivity contribution < 1.29 is 19.2 Å². The van der Waals surface area contributed by atoms with Crippen LogP contribution in [0.5, 0.6) is 0 Å². The number of hydrogen-bond donors (Lipinski definition) is 2. The molecule has 2 fully saturated rings. The highest BCUT2D eigenvalue weighted by molar-refractivity contribution is 6.44. The minimum atomic E-state index is -1.25. The fourth-order valence-corrected chi connectivity index (χ4v) is 3.29. The zero-order valence-corrected chi connectivity index (χ0v) is 12.3. The summed E-state index contributed by atoms with van der Waals surface area (Å²) in [6.45, 7) is 0. The molecule has 2 rings (SSSR count). The van der Waals surface area contributed by atoms with Crippen LogP contribution in [0, 0.1) is 5.92 Å². The Balaban J connectivity index is 2.36. The Hall–Kier alpha value is -1.92. The maximum atomic E-state index is 12.3. The first-order valence-electron chi connectivity index (χ1n) is 7.32. The quantitative estimate of drug-likeness (QED) is 0.527. The predicted molar refractivity (Wildman–Crippen MR) is 74.1 cm³/mol. The van der Waals surface area contributed by atoms with Crippen LogP contribution in [-0.4, -0.2) is 54.6 Å². The number of carbonyl (C=O) groups is 4. The Labute approximate surface area is 123 Å². The summed E-state index contributed by atoms with van der Waals surface area (Å²) in [6, 6.07) is -1.16. The van der Waals surface area contributed by atoms with Crippen molar-refractivity contribution in [2.75, 3.05) is 14.1 Å². The smallest absolute Gasteiger partial charge is 0.291 e. The number of amides is 3. The topological polar surface area (TPSA) is 95.6 Å². The SMILES string of the molecule is CNC(=O)C1C(=O)C(=O)N(C2CCCCC2)C1C(=O)NC. The standard InChI is InChI=1S/C14H21N3O4/c1-15-12(19)9-10(13(20)16-2)17(14(21)11(9)18)8-6-4-3-5-7-8/h8-10H,3-7H2,1-2H3,(H,15,19)(H,16,20). The van der Waals surface area contributed by atoms with Crippen LogP contribution in [0.15, 0.2) is 0 Å². The van der Waals surface area contributed by atoms with Crippen LogP contribution in [0.3, 0.4) is 0 Å². The fourth-order valence-electron chi connectivity index (χ4n) is 3.29. The molecule has 0 radical (unpaired) electrons. The van der Waals surface area contributed by atoms with E-state index in [1.807, 2.05) is 0 Å². The van der Waals surface area contributed by atoms with Crippen molar-refractivity contribution in [2.24, 2.45) is 5.92 Å². The molecule has 1 aliphatic heterocycles. The predicted octanol–water partition coefficient (Wildman–Crippen LogP) is -0.793. The molecule has 2 atom stereocenters. The summed E-state index contributed by atoms with van der Waals surface area (Å²) >= 11 is 0. The van der Waals surface area contributed by atoms with E-state index in [-0.39, 0.29) is 6.04 Å². The maximum Gasteiger partial charge on any atom is 0.291 e. The van der Waals surface area contributed by atoms with Crippen molar-refractivity contribution in [3.8, 4) is 0 Å². The van der Waals surface area contributed by atoms with Crippen LogP contribution in [0.2, 0.25) is 0 Å². The van der Waals surface area contributed by atoms with Gasteiger partial charge in [0.15, 0.2) is 0 Å². The molecule has 1 saturated heterocycles. The van der Waals surface area contributed by atoms with Crippen molar-refractivity contribution in [1.29, 1.82) is 0 Å². The normalized spacial score (nSPS) is 26.9. The number of likely N-dealkylation sites (N-methyl/N-ethyl adjacent to an activating group) is 1. The molecule has 21 heavy (non-hydrogen) atoms. The molecule has 3 amide bonds. The van der Waals surface area contributed by atoms with E-state index in [1.54, 1.807) is 0 Å². The van der Waals surface area contributed by atoms with Crippen LogP contribution < -0.4 is 10.6 Å². The lowest BCUT2D eigenvalue weighted by molar-refractivity contribution is -0.144. The van der Waals surface area contributed by atoms with E-state index < -0.39 is 35.5 Å². The number of hydrogen-bond acceptors (Lipinski definition) is 4. The Morgan fingerprint density at radius 2 is 1.57 bits per heavy atom. The van der Waals surface area contributed by atoms with Gasteiger partial charge >= 0.3 is 0 Å². The zero-order valence-electron chi connectivity index (χ0n) is 12.3. The van der Waals surface area contributed by atoms with Gasteiger partial charge < -0.3 is 15.5 Å². The molecule has 7 heteroatoms. The van der Waals surface area contributed by atoms with Crippen LogP contribution in [-0.2, 0) is 19.2 Å². The monoisotopic (exact) mass is 295 g/mol. The molecule has 2 aliphatic rings. The molecular weight excluding hydrogens is 274 g/mol. The van der Waals surface area contributed by atoms with Crippen molar-refractivity contribution >= 4 is 23.5 Å². The first-order valence-corrected chi connectivity index (χ1v) is 7.32. The molecule has 0 aromatic heterocycles. The van der Waals surface area contributed by atoms with Crippen LogP contribution in [0.1, 0.15) is 32.1 Å². The number of rotatable bonds is 3. The van der Waals surface area contributed by atoms with Crippen molar-refractivity contribution in [3.63, 3.8) is 0 Å². The van der Waals surface area contributed by atoms with Gasteiger partial charge in [0.1, 0.15) is 12.0 Å². The number of ketones is 1. The van der Waals surface area contributed by atoms with E-state index in [2.05, 4.69) is 10.6 Å². The van der Waals surface area contributed by atoms with Crippen molar-refractivity contribution in [3.05, 3.63) is 0 Å². The summed E-state index contributed by atoms with van der Waals surface area (Å²) in [5, 5.41) is 4.83. The summed E-state index contributed by atoms with van der Waals surface area (Å²) in [5.41, 5.74) is 0. The molecule has 1 heterocycles. The third-order valence-corrected chi connectivity index (χ3v) is 4.36. The lowest BCUT2D eigenvalue weighted by Crippen LogP contribution is -2.53. The molecule has 0 aromatic rings. The molecule has 2 unspecified atom stereocenters. The molecule has 0 bridgehead atoms. The van der Waals surface area contributed by atoms with E-state index in [0.29, 0.717) is 0 Å². The van der Waals surface area contributed by atoms with E-state index in [4.69, 9.17) is 0 Å². The minimum Gasteiger partial charge on any atom is -0.358 e. The van der Waals surface area contributed by atoms with Crippen LogP contribution >= 0.6 is 0 Å². The van der Waals surface area contributed by atoms with Crippen molar-refractivity contribution in [2.45, 2.75) is 44.2 Å². The van der Waals surface area contributed by atoms with Gasteiger partial charge in [0.25, 0.3) is 5.91 Å². The maximum absolute atomic E-state index is 12.3. The fraction of sp³-hybridized carbons (Fsp3) is 0.714.